The lowest BCUT2D eigenvalue weighted by Crippen LogP contribution is -2.48. The first-order valence-corrected chi connectivity index (χ1v) is 8.41. The standard InChI is InChI=1S/C17H19N5O3/c23-15-9-22(6-5-18-15)14-4-3-12(8-19-14)20-17(24)13-10-25-16(21-13)7-11-1-2-11/h3-4,8,10-11H,1-2,5-7,9H2,(H,18,23)(H,20,24). The highest BCUT2D eigenvalue weighted by Crippen LogP contribution is 2.32. The molecular weight excluding hydrogens is 322 g/mol. The van der Waals surface area contributed by atoms with E-state index in [4.69, 9.17) is 4.42 Å². The first kappa shape index (κ1) is 15.6. The molecule has 8 nitrogen and oxygen atoms in total. The molecule has 2 N–H and O–H groups in total. The molecule has 130 valence electrons. The molecule has 1 saturated carbocycles. The Kier molecular flexibility index (Phi) is 4.09. The number of nitrogens with zero attached hydrogens (tertiary/aromatic N) is 3. The molecule has 2 fully saturated rings. The van der Waals surface area contributed by atoms with E-state index in [1.54, 1.807) is 18.3 Å². The number of aromatic nitrogens is 2. The number of rotatable bonds is 5. The van der Waals surface area contributed by atoms with Crippen LogP contribution in [0.5, 0.6) is 0 Å². The summed E-state index contributed by atoms with van der Waals surface area (Å²) < 4.78 is 5.35. The van der Waals surface area contributed by atoms with E-state index in [1.807, 2.05) is 4.90 Å². The van der Waals surface area contributed by atoms with E-state index < -0.39 is 0 Å². The van der Waals surface area contributed by atoms with Crippen molar-refractivity contribution in [2.75, 3.05) is 29.9 Å². The van der Waals surface area contributed by atoms with Gasteiger partial charge in [0.15, 0.2) is 11.6 Å². The highest BCUT2D eigenvalue weighted by Gasteiger charge is 2.24. The van der Waals surface area contributed by atoms with Crippen LogP contribution >= 0.6 is 0 Å². The Morgan fingerprint density at radius 2 is 2.28 bits per heavy atom. The van der Waals surface area contributed by atoms with Crippen molar-refractivity contribution in [1.29, 1.82) is 0 Å². The molecule has 25 heavy (non-hydrogen) atoms. The summed E-state index contributed by atoms with van der Waals surface area (Å²) in [4.78, 5) is 34.1. The maximum absolute atomic E-state index is 12.2. The molecule has 2 aliphatic rings. The average molecular weight is 341 g/mol. The zero-order valence-corrected chi connectivity index (χ0v) is 13.7. The zero-order valence-electron chi connectivity index (χ0n) is 13.7. The first-order valence-electron chi connectivity index (χ1n) is 8.41. The number of piperazine rings is 1. The van der Waals surface area contributed by atoms with Gasteiger partial charge in [0, 0.05) is 19.5 Å². The molecule has 8 heteroatoms. The summed E-state index contributed by atoms with van der Waals surface area (Å²) in [7, 11) is 0. The molecule has 0 atom stereocenters. The summed E-state index contributed by atoms with van der Waals surface area (Å²) in [5.41, 5.74) is 0.842. The molecule has 0 bridgehead atoms. The third kappa shape index (κ3) is 3.78. The normalized spacial score (nSPS) is 17.3. The lowest BCUT2D eigenvalue weighted by Gasteiger charge is -2.27. The van der Waals surface area contributed by atoms with E-state index in [-0.39, 0.29) is 17.5 Å². The maximum atomic E-state index is 12.2. The molecular formula is C17H19N5O3. The van der Waals surface area contributed by atoms with Crippen molar-refractivity contribution < 1.29 is 14.0 Å². The summed E-state index contributed by atoms with van der Waals surface area (Å²) in [6.07, 6.45) is 6.18. The van der Waals surface area contributed by atoms with Gasteiger partial charge in [-0.2, -0.15) is 0 Å². The average Bonchev–Trinajstić information content (AvgIpc) is 3.30. The lowest BCUT2D eigenvalue weighted by atomic mass is 10.3. The topological polar surface area (TPSA) is 100 Å². The van der Waals surface area contributed by atoms with Crippen LogP contribution in [-0.2, 0) is 11.2 Å². The van der Waals surface area contributed by atoms with Gasteiger partial charge in [0.2, 0.25) is 5.91 Å². The molecule has 0 unspecified atom stereocenters. The van der Waals surface area contributed by atoms with E-state index >= 15 is 0 Å². The molecule has 3 heterocycles. The van der Waals surface area contributed by atoms with Crippen LogP contribution in [0, 0.1) is 5.92 Å². The third-order valence-electron chi connectivity index (χ3n) is 4.31. The van der Waals surface area contributed by atoms with Crippen LogP contribution in [0.25, 0.3) is 0 Å². The van der Waals surface area contributed by atoms with Crippen molar-refractivity contribution in [3.05, 3.63) is 36.2 Å². The van der Waals surface area contributed by atoms with Crippen LogP contribution in [0.3, 0.4) is 0 Å². The summed E-state index contributed by atoms with van der Waals surface area (Å²) in [6.45, 7) is 1.61. The Hall–Kier alpha value is -2.90. The molecule has 2 aromatic heterocycles. The van der Waals surface area contributed by atoms with Gasteiger partial charge < -0.3 is 20.0 Å². The molecule has 0 aromatic carbocycles. The van der Waals surface area contributed by atoms with Crippen molar-refractivity contribution in [1.82, 2.24) is 15.3 Å². The van der Waals surface area contributed by atoms with Crippen molar-refractivity contribution in [3.8, 4) is 0 Å². The summed E-state index contributed by atoms with van der Waals surface area (Å²) >= 11 is 0. The van der Waals surface area contributed by atoms with Gasteiger partial charge in [-0.15, -0.1) is 0 Å². The van der Waals surface area contributed by atoms with Gasteiger partial charge in [-0.3, -0.25) is 9.59 Å². The number of pyridine rings is 1. The van der Waals surface area contributed by atoms with Crippen molar-refractivity contribution in [2.24, 2.45) is 5.92 Å². The smallest absolute Gasteiger partial charge is 0.277 e. The Bertz CT molecular complexity index is 782. The monoisotopic (exact) mass is 341 g/mol. The van der Waals surface area contributed by atoms with Crippen molar-refractivity contribution in [2.45, 2.75) is 19.3 Å². The Morgan fingerprint density at radius 1 is 1.40 bits per heavy atom. The summed E-state index contributed by atoms with van der Waals surface area (Å²) in [5.74, 6) is 1.64. The van der Waals surface area contributed by atoms with Crippen LogP contribution in [-0.4, -0.2) is 41.4 Å². The fraction of sp³-hybridized carbons (Fsp3) is 0.412. The number of nitrogens with one attached hydrogen (secondary N) is 2. The second kappa shape index (κ2) is 6.54. The van der Waals surface area contributed by atoms with Crippen LogP contribution in [0.1, 0.15) is 29.2 Å². The quantitative estimate of drug-likeness (QED) is 0.848. The lowest BCUT2D eigenvalue weighted by molar-refractivity contribution is -0.120. The number of oxazole rings is 1. The van der Waals surface area contributed by atoms with E-state index in [0.717, 1.165) is 6.42 Å². The van der Waals surface area contributed by atoms with Gasteiger partial charge in [0.05, 0.1) is 18.4 Å². The van der Waals surface area contributed by atoms with Crippen LogP contribution in [0.15, 0.2) is 29.0 Å². The fourth-order valence-electron chi connectivity index (χ4n) is 2.75. The van der Waals surface area contributed by atoms with Gasteiger partial charge in [-0.05, 0) is 30.9 Å². The predicted molar refractivity (Wildman–Crippen MR) is 90.3 cm³/mol. The molecule has 0 spiro atoms. The van der Waals surface area contributed by atoms with Crippen molar-refractivity contribution in [3.63, 3.8) is 0 Å². The van der Waals surface area contributed by atoms with E-state index in [1.165, 1.54) is 19.1 Å². The number of hydrogen-bond acceptors (Lipinski definition) is 6. The number of hydrogen-bond donors (Lipinski definition) is 2. The van der Waals surface area contributed by atoms with E-state index in [9.17, 15) is 9.59 Å². The second-order valence-electron chi connectivity index (χ2n) is 6.40. The molecule has 1 saturated heterocycles. The number of carbonyl (C=O) groups is 2. The Morgan fingerprint density at radius 3 is 3.00 bits per heavy atom. The molecule has 2 amide bonds. The second-order valence-corrected chi connectivity index (χ2v) is 6.40. The van der Waals surface area contributed by atoms with Gasteiger partial charge in [-0.25, -0.2) is 9.97 Å². The Labute approximate surface area is 144 Å². The molecule has 1 aliphatic heterocycles. The SMILES string of the molecule is O=C1CN(c2ccc(NC(=O)c3coc(CC4CC4)n3)cn2)CCN1. The highest BCUT2D eigenvalue weighted by atomic mass is 16.3. The minimum absolute atomic E-state index is 0.0153. The zero-order chi connectivity index (χ0) is 17.2. The van der Waals surface area contributed by atoms with Gasteiger partial charge in [0.25, 0.3) is 5.91 Å². The van der Waals surface area contributed by atoms with E-state index in [2.05, 4.69) is 20.6 Å². The molecule has 1 aliphatic carbocycles. The minimum atomic E-state index is -0.322. The molecule has 2 aromatic rings. The van der Waals surface area contributed by atoms with Gasteiger partial charge in [-0.1, -0.05) is 0 Å². The largest absolute Gasteiger partial charge is 0.448 e. The first-order chi connectivity index (χ1) is 12.2. The van der Waals surface area contributed by atoms with Crippen LogP contribution < -0.4 is 15.5 Å². The molecule has 4 rings (SSSR count). The Balaban J connectivity index is 1.37. The highest BCUT2D eigenvalue weighted by molar-refractivity contribution is 6.02. The number of anilines is 2. The van der Waals surface area contributed by atoms with E-state index in [0.29, 0.717) is 42.9 Å². The summed E-state index contributed by atoms with van der Waals surface area (Å²) in [5, 5.41) is 5.53. The molecule has 0 radical (unpaired) electrons. The van der Waals surface area contributed by atoms with Gasteiger partial charge >= 0.3 is 0 Å². The third-order valence-corrected chi connectivity index (χ3v) is 4.31. The summed E-state index contributed by atoms with van der Waals surface area (Å²) in [6, 6.07) is 3.55. The van der Waals surface area contributed by atoms with Crippen LogP contribution in [0.4, 0.5) is 11.5 Å². The minimum Gasteiger partial charge on any atom is -0.448 e. The number of carbonyl (C=O) groups excluding carboxylic acids is 2. The predicted octanol–water partition coefficient (Wildman–Crippen LogP) is 1.21. The van der Waals surface area contributed by atoms with Crippen molar-refractivity contribution >= 4 is 23.3 Å². The fourth-order valence-corrected chi connectivity index (χ4v) is 2.75. The maximum Gasteiger partial charge on any atom is 0.277 e. The van der Waals surface area contributed by atoms with Crippen LogP contribution in [0.2, 0.25) is 0 Å². The number of amides is 2. The van der Waals surface area contributed by atoms with Gasteiger partial charge in [0.1, 0.15) is 12.1 Å².